The monoisotopic (exact) mass is 443 g/mol. The number of ether oxygens (including phenoxy) is 2. The van der Waals surface area contributed by atoms with Crippen molar-refractivity contribution in [3.63, 3.8) is 0 Å². The third-order valence-electron chi connectivity index (χ3n) is 5.40. The summed E-state index contributed by atoms with van der Waals surface area (Å²) in [7, 11) is 3.20. The van der Waals surface area contributed by atoms with Crippen LogP contribution in [0.15, 0.2) is 72.8 Å². The maximum atomic E-state index is 12.8. The zero-order valence-corrected chi connectivity index (χ0v) is 18.4. The minimum absolute atomic E-state index is 0.288. The van der Waals surface area contributed by atoms with E-state index in [1.165, 1.54) is 0 Å². The highest BCUT2D eigenvalue weighted by molar-refractivity contribution is 7.19. The van der Waals surface area contributed by atoms with E-state index in [9.17, 15) is 4.79 Å². The summed E-state index contributed by atoms with van der Waals surface area (Å²) < 4.78 is 12.3. The molecule has 1 aliphatic rings. The molecule has 0 bridgehead atoms. The number of amides is 2. The Morgan fingerprint density at radius 2 is 1.69 bits per heavy atom. The third-order valence-corrected chi connectivity index (χ3v) is 6.47. The van der Waals surface area contributed by atoms with Gasteiger partial charge in [0.05, 0.1) is 36.2 Å². The van der Waals surface area contributed by atoms with Crippen molar-refractivity contribution < 1.29 is 14.3 Å². The van der Waals surface area contributed by atoms with Crippen LogP contribution in [-0.4, -0.2) is 25.2 Å². The number of hydrogen-bond donors (Lipinski definition) is 2. The molecule has 1 aromatic heterocycles. The molecule has 1 aliphatic heterocycles. The number of carbonyl (C=O) groups is 1. The standard InChI is InChI=1S/C25H21N3O3S/c1-30-18-13-8-11-16(23(18)31-2)22-20(24-26-17-12-6-7-14-19(17)32-24)21(27-25(29)28-22)15-9-4-3-5-10-15/h3-14,22H,1-2H3,(H2,27,28,29). The van der Waals surface area contributed by atoms with Crippen molar-refractivity contribution in [1.29, 1.82) is 0 Å². The van der Waals surface area contributed by atoms with Gasteiger partial charge in [-0.05, 0) is 23.8 Å². The Labute approximate surface area is 189 Å². The lowest BCUT2D eigenvalue weighted by molar-refractivity contribution is 0.241. The zero-order chi connectivity index (χ0) is 22.1. The van der Waals surface area contributed by atoms with Crippen LogP contribution in [0.5, 0.6) is 11.5 Å². The highest BCUT2D eigenvalue weighted by Crippen LogP contribution is 2.45. The Hall–Kier alpha value is -3.84. The second-order valence-electron chi connectivity index (χ2n) is 7.26. The molecular weight excluding hydrogens is 422 g/mol. The highest BCUT2D eigenvalue weighted by atomic mass is 32.1. The number of methoxy groups -OCH3 is 2. The molecule has 0 saturated carbocycles. The third kappa shape index (κ3) is 3.46. The summed E-state index contributed by atoms with van der Waals surface area (Å²) in [5.74, 6) is 1.18. The molecule has 2 heterocycles. The molecule has 0 radical (unpaired) electrons. The van der Waals surface area contributed by atoms with Gasteiger partial charge in [-0.15, -0.1) is 11.3 Å². The van der Waals surface area contributed by atoms with Crippen LogP contribution in [-0.2, 0) is 0 Å². The van der Waals surface area contributed by atoms with Gasteiger partial charge in [0.1, 0.15) is 5.01 Å². The number of thiazole rings is 1. The van der Waals surface area contributed by atoms with Crippen molar-refractivity contribution in [2.45, 2.75) is 6.04 Å². The normalized spacial score (nSPS) is 15.9. The Balaban J connectivity index is 1.80. The van der Waals surface area contributed by atoms with E-state index < -0.39 is 6.04 Å². The molecule has 3 aromatic carbocycles. The van der Waals surface area contributed by atoms with E-state index in [1.54, 1.807) is 25.6 Å². The molecule has 4 aromatic rings. The van der Waals surface area contributed by atoms with Gasteiger partial charge < -0.3 is 20.1 Å². The second-order valence-corrected chi connectivity index (χ2v) is 8.29. The molecule has 160 valence electrons. The largest absolute Gasteiger partial charge is 0.493 e. The lowest BCUT2D eigenvalue weighted by Crippen LogP contribution is -2.43. The van der Waals surface area contributed by atoms with E-state index in [0.717, 1.165) is 37.6 Å². The molecule has 2 N–H and O–H groups in total. The molecule has 5 rings (SSSR count). The molecular formula is C25H21N3O3S. The van der Waals surface area contributed by atoms with Crippen molar-refractivity contribution in [3.8, 4) is 11.5 Å². The number of aromatic nitrogens is 1. The molecule has 7 heteroatoms. The van der Waals surface area contributed by atoms with Crippen molar-refractivity contribution in [1.82, 2.24) is 15.6 Å². The van der Waals surface area contributed by atoms with Crippen LogP contribution in [0.1, 0.15) is 22.2 Å². The molecule has 1 atom stereocenters. The Morgan fingerprint density at radius 3 is 2.44 bits per heavy atom. The predicted molar refractivity (Wildman–Crippen MR) is 127 cm³/mol. The Bertz CT molecular complexity index is 1300. The van der Waals surface area contributed by atoms with Crippen molar-refractivity contribution in [3.05, 3.63) is 88.9 Å². The van der Waals surface area contributed by atoms with Crippen LogP contribution >= 0.6 is 11.3 Å². The first-order chi connectivity index (χ1) is 15.7. The van der Waals surface area contributed by atoms with E-state index >= 15 is 0 Å². The van der Waals surface area contributed by atoms with Crippen LogP contribution in [0.4, 0.5) is 4.79 Å². The quantitative estimate of drug-likeness (QED) is 0.443. The first kappa shape index (κ1) is 20.1. The van der Waals surface area contributed by atoms with Crippen LogP contribution in [0.3, 0.4) is 0 Å². The van der Waals surface area contributed by atoms with Gasteiger partial charge in [0.15, 0.2) is 11.5 Å². The summed E-state index contributed by atoms with van der Waals surface area (Å²) in [5, 5.41) is 6.92. The molecule has 0 aliphatic carbocycles. The highest BCUT2D eigenvalue weighted by Gasteiger charge is 2.34. The van der Waals surface area contributed by atoms with Crippen LogP contribution in [0.25, 0.3) is 21.5 Å². The number of benzene rings is 3. The fourth-order valence-corrected chi connectivity index (χ4v) is 5.03. The van der Waals surface area contributed by atoms with Gasteiger partial charge in [-0.1, -0.05) is 54.6 Å². The summed E-state index contributed by atoms with van der Waals surface area (Å²) in [6.45, 7) is 0. The maximum Gasteiger partial charge on any atom is 0.320 e. The van der Waals surface area contributed by atoms with E-state index in [-0.39, 0.29) is 6.03 Å². The fourth-order valence-electron chi connectivity index (χ4n) is 3.99. The lowest BCUT2D eigenvalue weighted by Gasteiger charge is -2.31. The van der Waals surface area contributed by atoms with Gasteiger partial charge in [0.2, 0.25) is 0 Å². The summed E-state index contributed by atoms with van der Waals surface area (Å²) >= 11 is 1.59. The Morgan fingerprint density at radius 1 is 0.906 bits per heavy atom. The van der Waals surface area contributed by atoms with Crippen molar-refractivity contribution in [2.24, 2.45) is 0 Å². The maximum absolute atomic E-state index is 12.8. The molecule has 0 fully saturated rings. The summed E-state index contributed by atoms with van der Waals surface area (Å²) in [4.78, 5) is 17.7. The van der Waals surface area contributed by atoms with Gasteiger partial charge >= 0.3 is 6.03 Å². The zero-order valence-electron chi connectivity index (χ0n) is 17.6. The minimum Gasteiger partial charge on any atom is -0.493 e. The number of carbonyl (C=O) groups excluding carboxylic acids is 1. The Kier molecular flexibility index (Phi) is 5.25. The van der Waals surface area contributed by atoms with Gasteiger partial charge in [-0.3, -0.25) is 0 Å². The number of hydrogen-bond acceptors (Lipinski definition) is 5. The van der Waals surface area contributed by atoms with Crippen LogP contribution < -0.4 is 20.1 Å². The van der Waals surface area contributed by atoms with Crippen LogP contribution in [0.2, 0.25) is 0 Å². The number of fused-ring (bicyclic) bond motifs is 1. The van der Waals surface area contributed by atoms with E-state index in [4.69, 9.17) is 14.5 Å². The number of nitrogens with zero attached hydrogens (tertiary/aromatic N) is 1. The lowest BCUT2D eigenvalue weighted by atomic mass is 9.92. The first-order valence-corrected chi connectivity index (χ1v) is 10.9. The molecule has 0 spiro atoms. The molecule has 0 saturated heterocycles. The van der Waals surface area contributed by atoms with Crippen molar-refractivity contribution >= 4 is 38.9 Å². The summed E-state index contributed by atoms with van der Waals surface area (Å²) in [5.41, 5.74) is 4.22. The van der Waals surface area contributed by atoms with E-state index in [2.05, 4.69) is 16.7 Å². The number of para-hydroxylation sites is 2. The number of nitrogens with one attached hydrogen (secondary N) is 2. The minimum atomic E-state index is -0.482. The topological polar surface area (TPSA) is 72.5 Å². The van der Waals surface area contributed by atoms with Gasteiger partial charge in [-0.2, -0.15) is 0 Å². The summed E-state index contributed by atoms with van der Waals surface area (Å²) in [6, 6.07) is 22.7. The van der Waals surface area contributed by atoms with E-state index in [1.807, 2.05) is 66.7 Å². The smallest absolute Gasteiger partial charge is 0.320 e. The van der Waals surface area contributed by atoms with Crippen LogP contribution in [0, 0.1) is 0 Å². The van der Waals surface area contributed by atoms with Gasteiger partial charge in [0, 0.05) is 11.1 Å². The average molecular weight is 444 g/mol. The molecule has 6 nitrogen and oxygen atoms in total. The van der Waals surface area contributed by atoms with E-state index in [0.29, 0.717) is 11.5 Å². The first-order valence-electron chi connectivity index (χ1n) is 10.1. The summed E-state index contributed by atoms with van der Waals surface area (Å²) in [6.07, 6.45) is 0. The van der Waals surface area contributed by atoms with Gasteiger partial charge in [0.25, 0.3) is 0 Å². The van der Waals surface area contributed by atoms with Gasteiger partial charge in [-0.25, -0.2) is 9.78 Å². The fraction of sp³-hybridized carbons (Fsp3) is 0.120. The average Bonchev–Trinajstić information content (AvgIpc) is 3.27. The van der Waals surface area contributed by atoms with Crippen molar-refractivity contribution in [2.75, 3.05) is 14.2 Å². The number of urea groups is 1. The number of rotatable bonds is 5. The predicted octanol–water partition coefficient (Wildman–Crippen LogP) is 5.24. The molecule has 32 heavy (non-hydrogen) atoms. The second kappa shape index (κ2) is 8.36. The molecule has 1 unspecified atom stereocenters. The molecule has 2 amide bonds. The SMILES string of the molecule is COc1cccc(C2NC(=O)NC(c3ccccc3)=C2c2nc3ccccc3s2)c1OC.